The molecule has 12 heteroatoms. The number of halogens is 4. The lowest BCUT2D eigenvalue weighted by atomic mass is 10.2. The largest absolute Gasteiger partial charge is 0.484 e. The first-order chi connectivity index (χ1) is 14.1. The Kier molecular flexibility index (Phi) is 5.92. The van der Waals surface area contributed by atoms with Gasteiger partial charge < -0.3 is 15.2 Å². The number of ether oxygens (including phenoxy) is 1. The van der Waals surface area contributed by atoms with Crippen molar-refractivity contribution >= 4 is 29.2 Å². The zero-order valence-corrected chi connectivity index (χ0v) is 15.6. The molecule has 0 spiro atoms. The van der Waals surface area contributed by atoms with Crippen molar-refractivity contribution in [2.75, 3.05) is 11.9 Å². The summed E-state index contributed by atoms with van der Waals surface area (Å²) in [7, 11) is 0. The summed E-state index contributed by atoms with van der Waals surface area (Å²) in [5.41, 5.74) is -0.968. The topological polar surface area (TPSA) is 106 Å². The maximum Gasteiger partial charge on any atom is 0.417 e. The Morgan fingerprint density at radius 1 is 1.20 bits per heavy atom. The van der Waals surface area contributed by atoms with E-state index in [0.29, 0.717) is 5.69 Å². The number of carboxylic acids is 1. The Balaban J connectivity index is 1.64. The quantitative estimate of drug-likeness (QED) is 0.606. The van der Waals surface area contributed by atoms with E-state index < -0.39 is 35.2 Å². The number of aromatic nitrogens is 3. The molecule has 156 valence electrons. The van der Waals surface area contributed by atoms with Crippen LogP contribution in [0.3, 0.4) is 0 Å². The summed E-state index contributed by atoms with van der Waals surface area (Å²) in [6, 6.07) is 9.22. The van der Waals surface area contributed by atoms with Gasteiger partial charge in [0.25, 0.3) is 5.91 Å². The number of nitrogens with one attached hydrogen (secondary N) is 1. The summed E-state index contributed by atoms with van der Waals surface area (Å²) < 4.78 is 45.2. The van der Waals surface area contributed by atoms with Crippen LogP contribution in [-0.4, -0.2) is 38.6 Å². The lowest BCUT2D eigenvalue weighted by Gasteiger charge is -2.12. The van der Waals surface area contributed by atoms with Gasteiger partial charge in [-0.2, -0.15) is 13.2 Å². The van der Waals surface area contributed by atoms with Crippen LogP contribution in [0.15, 0.2) is 48.7 Å². The molecule has 0 unspecified atom stereocenters. The summed E-state index contributed by atoms with van der Waals surface area (Å²) in [5.74, 6) is -1.67. The first-order valence-corrected chi connectivity index (χ1v) is 8.57. The van der Waals surface area contributed by atoms with Crippen molar-refractivity contribution in [3.05, 3.63) is 64.9 Å². The molecule has 8 nitrogen and oxygen atoms in total. The molecular weight excluding hydrogens is 429 g/mol. The zero-order chi connectivity index (χ0) is 21.9. The Labute approximate surface area is 171 Å². The Morgan fingerprint density at radius 3 is 2.63 bits per heavy atom. The summed E-state index contributed by atoms with van der Waals surface area (Å²) in [5, 5.41) is 17.9. The number of hydrogen-bond acceptors (Lipinski definition) is 5. The molecule has 0 atom stereocenters. The minimum atomic E-state index is -4.66. The SMILES string of the molecule is O=C(COc1cccc(-n2cc(C(=O)O)nn2)c1)Nc1ccc(Cl)c(C(F)(F)F)c1. The number of aromatic carboxylic acids is 1. The molecule has 0 fully saturated rings. The average molecular weight is 441 g/mol. The second kappa shape index (κ2) is 8.41. The molecule has 1 heterocycles. The van der Waals surface area contributed by atoms with Gasteiger partial charge in [-0.25, -0.2) is 9.48 Å². The number of alkyl halides is 3. The number of amides is 1. The van der Waals surface area contributed by atoms with Crippen LogP contribution in [-0.2, 0) is 11.0 Å². The molecule has 0 radical (unpaired) electrons. The molecule has 3 rings (SSSR count). The van der Waals surface area contributed by atoms with Crippen molar-refractivity contribution < 1.29 is 32.6 Å². The van der Waals surface area contributed by atoms with E-state index in [-0.39, 0.29) is 17.1 Å². The normalized spacial score (nSPS) is 11.2. The molecule has 2 N–H and O–H groups in total. The van der Waals surface area contributed by atoms with Gasteiger partial charge in [0.15, 0.2) is 12.3 Å². The van der Waals surface area contributed by atoms with E-state index in [2.05, 4.69) is 15.6 Å². The molecule has 1 aromatic heterocycles. The van der Waals surface area contributed by atoms with Crippen molar-refractivity contribution in [3.63, 3.8) is 0 Å². The van der Waals surface area contributed by atoms with Crippen LogP contribution in [0, 0.1) is 0 Å². The smallest absolute Gasteiger partial charge is 0.417 e. The number of nitrogens with zero attached hydrogens (tertiary/aromatic N) is 3. The van der Waals surface area contributed by atoms with Crippen molar-refractivity contribution in [1.82, 2.24) is 15.0 Å². The van der Waals surface area contributed by atoms with Gasteiger partial charge >= 0.3 is 12.1 Å². The number of benzene rings is 2. The van der Waals surface area contributed by atoms with E-state index in [1.54, 1.807) is 12.1 Å². The van der Waals surface area contributed by atoms with Gasteiger partial charge in [-0.15, -0.1) is 5.10 Å². The lowest BCUT2D eigenvalue weighted by Crippen LogP contribution is -2.20. The van der Waals surface area contributed by atoms with Gasteiger partial charge in [-0.05, 0) is 30.3 Å². The van der Waals surface area contributed by atoms with E-state index in [1.165, 1.54) is 29.1 Å². The molecule has 30 heavy (non-hydrogen) atoms. The monoisotopic (exact) mass is 440 g/mol. The molecule has 0 saturated heterocycles. The van der Waals surface area contributed by atoms with Crippen LogP contribution >= 0.6 is 11.6 Å². The number of anilines is 1. The summed E-state index contributed by atoms with van der Waals surface area (Å²) in [6.45, 7) is -0.481. The van der Waals surface area contributed by atoms with E-state index in [1.807, 2.05) is 0 Å². The first-order valence-electron chi connectivity index (χ1n) is 8.19. The van der Waals surface area contributed by atoms with Crippen LogP contribution in [0.25, 0.3) is 5.69 Å². The highest BCUT2D eigenvalue weighted by Gasteiger charge is 2.33. The Morgan fingerprint density at radius 2 is 1.97 bits per heavy atom. The highest BCUT2D eigenvalue weighted by atomic mass is 35.5. The van der Waals surface area contributed by atoms with Gasteiger partial charge in [-0.3, -0.25) is 4.79 Å². The van der Waals surface area contributed by atoms with Gasteiger partial charge in [0, 0.05) is 11.8 Å². The molecule has 2 aromatic carbocycles. The molecule has 0 aliphatic heterocycles. The average Bonchev–Trinajstić information content (AvgIpc) is 3.18. The van der Waals surface area contributed by atoms with E-state index in [0.717, 1.165) is 12.1 Å². The highest BCUT2D eigenvalue weighted by Crippen LogP contribution is 2.36. The predicted molar refractivity (Wildman–Crippen MR) is 98.9 cm³/mol. The third-order valence-corrected chi connectivity index (χ3v) is 4.05. The molecule has 1 amide bonds. The van der Waals surface area contributed by atoms with Crippen molar-refractivity contribution in [2.24, 2.45) is 0 Å². The van der Waals surface area contributed by atoms with Crippen molar-refractivity contribution in [3.8, 4) is 11.4 Å². The maximum absolute atomic E-state index is 12.9. The third kappa shape index (κ3) is 5.06. The number of rotatable bonds is 6. The van der Waals surface area contributed by atoms with Crippen LogP contribution in [0.2, 0.25) is 5.02 Å². The summed E-state index contributed by atoms with van der Waals surface area (Å²) in [6.07, 6.45) is -3.45. The molecule has 0 aliphatic rings. The fraction of sp³-hybridized carbons (Fsp3) is 0.111. The second-order valence-electron chi connectivity index (χ2n) is 5.88. The van der Waals surface area contributed by atoms with E-state index in [9.17, 15) is 22.8 Å². The van der Waals surface area contributed by atoms with Crippen LogP contribution in [0.1, 0.15) is 16.1 Å². The Bertz CT molecular complexity index is 1100. The second-order valence-corrected chi connectivity index (χ2v) is 6.29. The Hall–Kier alpha value is -3.60. The van der Waals surface area contributed by atoms with E-state index >= 15 is 0 Å². The van der Waals surface area contributed by atoms with Gasteiger partial charge in [-0.1, -0.05) is 22.9 Å². The first kappa shape index (κ1) is 21.1. The third-order valence-electron chi connectivity index (χ3n) is 3.72. The van der Waals surface area contributed by atoms with Crippen LogP contribution in [0.4, 0.5) is 18.9 Å². The number of carbonyl (C=O) groups excluding carboxylic acids is 1. The summed E-state index contributed by atoms with van der Waals surface area (Å²) in [4.78, 5) is 22.9. The number of hydrogen-bond donors (Lipinski definition) is 2. The fourth-order valence-electron chi connectivity index (χ4n) is 2.37. The van der Waals surface area contributed by atoms with Crippen LogP contribution in [0.5, 0.6) is 5.75 Å². The zero-order valence-electron chi connectivity index (χ0n) is 14.9. The van der Waals surface area contributed by atoms with Crippen molar-refractivity contribution in [1.29, 1.82) is 0 Å². The minimum absolute atomic E-state index is 0.0853. The molecule has 0 saturated carbocycles. The molecule has 3 aromatic rings. The van der Waals surface area contributed by atoms with Gasteiger partial charge in [0.1, 0.15) is 5.75 Å². The molecule has 0 bridgehead atoms. The lowest BCUT2D eigenvalue weighted by molar-refractivity contribution is -0.137. The fourth-order valence-corrected chi connectivity index (χ4v) is 2.59. The number of carboxylic acid groups (broad SMARTS) is 1. The minimum Gasteiger partial charge on any atom is -0.484 e. The van der Waals surface area contributed by atoms with Crippen molar-refractivity contribution in [2.45, 2.75) is 6.18 Å². The van der Waals surface area contributed by atoms with Gasteiger partial charge in [0.2, 0.25) is 0 Å². The highest BCUT2D eigenvalue weighted by molar-refractivity contribution is 6.31. The summed E-state index contributed by atoms with van der Waals surface area (Å²) >= 11 is 5.54. The maximum atomic E-state index is 12.9. The molecule has 0 aliphatic carbocycles. The van der Waals surface area contributed by atoms with E-state index in [4.69, 9.17) is 21.4 Å². The number of carbonyl (C=O) groups is 2. The van der Waals surface area contributed by atoms with Gasteiger partial charge in [0.05, 0.1) is 22.5 Å². The molecular formula is C18H12ClF3N4O4. The van der Waals surface area contributed by atoms with Crippen LogP contribution < -0.4 is 10.1 Å². The predicted octanol–water partition coefficient (Wildman–Crippen LogP) is 3.66. The standard InChI is InChI=1S/C18H12ClF3N4O4/c19-14-5-4-10(6-13(14)18(20,21)22)23-16(27)9-30-12-3-1-2-11(7-12)26-8-15(17(28)29)24-25-26/h1-8H,9H2,(H,23,27)(H,28,29).